The van der Waals surface area contributed by atoms with Crippen molar-refractivity contribution in [2.24, 2.45) is 0 Å². The van der Waals surface area contributed by atoms with Crippen molar-refractivity contribution >= 4 is 29.3 Å². The molecular formula is C19H16F3NO3S. The maximum Gasteiger partial charge on any atom is 0.416 e. The molecule has 0 N–H and O–H groups in total. The monoisotopic (exact) mass is 395 g/mol. The van der Waals surface area contributed by atoms with E-state index >= 15 is 0 Å². The topological polar surface area (TPSA) is 46.6 Å². The van der Waals surface area contributed by atoms with Crippen molar-refractivity contribution < 1.29 is 27.5 Å². The van der Waals surface area contributed by atoms with E-state index in [-0.39, 0.29) is 11.7 Å². The first-order chi connectivity index (χ1) is 12.7. The third kappa shape index (κ3) is 3.80. The van der Waals surface area contributed by atoms with E-state index in [0.29, 0.717) is 22.4 Å². The second-order valence-electron chi connectivity index (χ2n) is 6.04. The highest BCUT2D eigenvalue weighted by atomic mass is 32.2. The van der Waals surface area contributed by atoms with E-state index in [1.54, 1.807) is 25.1 Å². The van der Waals surface area contributed by atoms with Gasteiger partial charge in [-0.3, -0.25) is 9.69 Å². The molecule has 27 heavy (non-hydrogen) atoms. The van der Waals surface area contributed by atoms with Crippen LogP contribution in [0, 0.1) is 6.92 Å². The molecule has 3 rings (SSSR count). The molecule has 142 valence electrons. The predicted molar refractivity (Wildman–Crippen MR) is 96.6 cm³/mol. The number of alkyl halides is 3. The number of halogens is 3. The van der Waals surface area contributed by atoms with E-state index < -0.39 is 23.1 Å². The SMILES string of the molecule is COC(=O)c1ccc(N2C(=O)CSC2c2cccc(C(F)(F)F)c2)c(C)c1. The number of esters is 1. The van der Waals surface area contributed by atoms with E-state index in [0.717, 1.165) is 12.1 Å². The Labute approximate surface area is 158 Å². The van der Waals surface area contributed by atoms with Gasteiger partial charge >= 0.3 is 12.1 Å². The molecule has 1 atom stereocenters. The van der Waals surface area contributed by atoms with Crippen LogP contribution in [0.3, 0.4) is 0 Å². The van der Waals surface area contributed by atoms with Crippen molar-refractivity contribution in [2.75, 3.05) is 17.8 Å². The van der Waals surface area contributed by atoms with Crippen LogP contribution in [0.25, 0.3) is 0 Å². The number of amides is 1. The Kier molecular flexibility index (Phi) is 5.19. The summed E-state index contributed by atoms with van der Waals surface area (Å²) in [5.41, 5.74) is 1.20. The van der Waals surface area contributed by atoms with Crippen LogP contribution in [0.4, 0.5) is 18.9 Å². The molecule has 2 aromatic carbocycles. The molecule has 1 unspecified atom stereocenters. The molecule has 0 spiro atoms. The summed E-state index contributed by atoms with van der Waals surface area (Å²) in [7, 11) is 1.27. The summed E-state index contributed by atoms with van der Waals surface area (Å²) >= 11 is 1.27. The highest BCUT2D eigenvalue weighted by Crippen LogP contribution is 2.44. The highest BCUT2D eigenvalue weighted by Gasteiger charge is 2.37. The minimum Gasteiger partial charge on any atom is -0.465 e. The molecule has 1 aliphatic rings. The van der Waals surface area contributed by atoms with Gasteiger partial charge in [-0.1, -0.05) is 12.1 Å². The van der Waals surface area contributed by atoms with Crippen molar-refractivity contribution in [2.45, 2.75) is 18.5 Å². The van der Waals surface area contributed by atoms with Gasteiger partial charge in [0, 0.05) is 5.69 Å². The van der Waals surface area contributed by atoms with Crippen LogP contribution in [-0.2, 0) is 15.7 Å². The van der Waals surface area contributed by atoms with Crippen LogP contribution < -0.4 is 4.90 Å². The average Bonchev–Trinajstić information content (AvgIpc) is 3.01. The number of carbonyl (C=O) groups excluding carboxylic acids is 2. The zero-order valence-corrected chi connectivity index (χ0v) is 15.4. The predicted octanol–water partition coefficient (Wildman–Crippen LogP) is 4.58. The van der Waals surface area contributed by atoms with Gasteiger partial charge in [0.1, 0.15) is 5.37 Å². The van der Waals surface area contributed by atoms with E-state index in [9.17, 15) is 22.8 Å². The Balaban J connectivity index is 2.00. The first-order valence-corrected chi connectivity index (χ1v) is 9.07. The molecule has 0 aromatic heterocycles. The first kappa shape index (κ1) is 19.3. The second-order valence-corrected chi connectivity index (χ2v) is 7.11. The van der Waals surface area contributed by atoms with E-state index in [1.165, 1.54) is 35.9 Å². The van der Waals surface area contributed by atoms with Crippen LogP contribution in [0.15, 0.2) is 42.5 Å². The quantitative estimate of drug-likeness (QED) is 0.714. The Morgan fingerprint density at radius 2 is 1.96 bits per heavy atom. The summed E-state index contributed by atoms with van der Waals surface area (Å²) in [6.07, 6.45) is -4.45. The number of methoxy groups -OCH3 is 1. The minimum atomic E-state index is -4.45. The van der Waals surface area contributed by atoms with Crippen LogP contribution >= 0.6 is 11.8 Å². The molecular weight excluding hydrogens is 379 g/mol. The third-order valence-electron chi connectivity index (χ3n) is 4.24. The number of hydrogen-bond donors (Lipinski definition) is 0. The Morgan fingerprint density at radius 1 is 1.22 bits per heavy atom. The molecule has 0 radical (unpaired) electrons. The van der Waals surface area contributed by atoms with Gasteiger partial charge in [0.25, 0.3) is 0 Å². The number of benzene rings is 2. The lowest BCUT2D eigenvalue weighted by Crippen LogP contribution is -2.28. The molecule has 2 aromatic rings. The normalized spacial score (nSPS) is 17.3. The van der Waals surface area contributed by atoms with Crippen LogP contribution in [0.2, 0.25) is 0 Å². The third-order valence-corrected chi connectivity index (χ3v) is 5.46. The van der Waals surface area contributed by atoms with Crippen molar-refractivity contribution in [1.82, 2.24) is 0 Å². The van der Waals surface area contributed by atoms with Gasteiger partial charge in [0.05, 0.1) is 24.0 Å². The fourth-order valence-electron chi connectivity index (χ4n) is 2.97. The Hall–Kier alpha value is -2.48. The number of ether oxygens (including phenoxy) is 1. The number of anilines is 1. The summed E-state index contributed by atoms with van der Waals surface area (Å²) in [5.74, 6) is -0.531. The number of thioether (sulfide) groups is 1. The van der Waals surface area contributed by atoms with Crippen molar-refractivity contribution in [3.8, 4) is 0 Å². The summed E-state index contributed by atoms with van der Waals surface area (Å²) < 4.78 is 43.8. The number of aryl methyl sites for hydroxylation is 1. The van der Waals surface area contributed by atoms with E-state index in [4.69, 9.17) is 0 Å². The van der Waals surface area contributed by atoms with Gasteiger partial charge in [-0.25, -0.2) is 4.79 Å². The van der Waals surface area contributed by atoms with Crippen molar-refractivity contribution in [3.05, 3.63) is 64.7 Å². The molecule has 1 aliphatic heterocycles. The molecule has 0 saturated carbocycles. The number of nitrogens with zero attached hydrogens (tertiary/aromatic N) is 1. The fraction of sp³-hybridized carbons (Fsp3) is 0.263. The molecule has 1 amide bonds. The molecule has 4 nitrogen and oxygen atoms in total. The van der Waals surface area contributed by atoms with Gasteiger partial charge in [-0.15, -0.1) is 11.8 Å². The number of hydrogen-bond acceptors (Lipinski definition) is 4. The molecule has 0 bridgehead atoms. The van der Waals surface area contributed by atoms with Crippen molar-refractivity contribution in [3.63, 3.8) is 0 Å². The van der Waals surface area contributed by atoms with Gasteiger partial charge in [0.15, 0.2) is 0 Å². The standard InChI is InChI=1S/C19H16F3NO3S/c1-11-8-13(18(25)26-2)6-7-15(11)23-16(24)10-27-17(23)12-4-3-5-14(9-12)19(20,21)22/h3-9,17H,10H2,1-2H3. The molecule has 1 fully saturated rings. The maximum atomic E-state index is 13.0. The lowest BCUT2D eigenvalue weighted by atomic mass is 10.1. The Morgan fingerprint density at radius 3 is 2.59 bits per heavy atom. The Bertz CT molecular complexity index is 898. The largest absolute Gasteiger partial charge is 0.465 e. The second kappa shape index (κ2) is 7.26. The molecule has 0 aliphatic carbocycles. The van der Waals surface area contributed by atoms with Gasteiger partial charge < -0.3 is 4.74 Å². The lowest BCUT2D eigenvalue weighted by molar-refractivity contribution is -0.137. The molecule has 1 heterocycles. The smallest absolute Gasteiger partial charge is 0.416 e. The van der Waals surface area contributed by atoms with Gasteiger partial charge in [-0.05, 0) is 48.4 Å². The van der Waals surface area contributed by atoms with E-state index in [2.05, 4.69) is 4.74 Å². The molecule has 8 heteroatoms. The minimum absolute atomic E-state index is 0.166. The summed E-state index contributed by atoms with van der Waals surface area (Å²) in [6.45, 7) is 1.74. The number of carbonyl (C=O) groups is 2. The maximum absolute atomic E-state index is 13.0. The fourth-order valence-corrected chi connectivity index (χ4v) is 4.13. The van der Waals surface area contributed by atoms with E-state index in [1.807, 2.05) is 0 Å². The van der Waals surface area contributed by atoms with Crippen LogP contribution in [0.1, 0.15) is 32.4 Å². The van der Waals surface area contributed by atoms with Crippen LogP contribution in [-0.4, -0.2) is 24.7 Å². The van der Waals surface area contributed by atoms with Gasteiger partial charge in [0.2, 0.25) is 5.91 Å². The zero-order valence-electron chi connectivity index (χ0n) is 14.5. The highest BCUT2D eigenvalue weighted by molar-refractivity contribution is 8.00. The lowest BCUT2D eigenvalue weighted by Gasteiger charge is -2.26. The van der Waals surface area contributed by atoms with Crippen molar-refractivity contribution in [1.29, 1.82) is 0 Å². The number of rotatable bonds is 3. The van der Waals surface area contributed by atoms with Crippen LogP contribution in [0.5, 0.6) is 0 Å². The summed E-state index contributed by atoms with van der Waals surface area (Å²) in [6, 6.07) is 9.75. The summed E-state index contributed by atoms with van der Waals surface area (Å²) in [5, 5.41) is -0.567. The average molecular weight is 395 g/mol. The molecule has 1 saturated heterocycles. The summed E-state index contributed by atoms with van der Waals surface area (Å²) in [4.78, 5) is 25.6. The zero-order chi connectivity index (χ0) is 19.8. The first-order valence-electron chi connectivity index (χ1n) is 8.02. The van der Waals surface area contributed by atoms with Gasteiger partial charge in [-0.2, -0.15) is 13.2 Å².